The first-order valence-electron chi connectivity index (χ1n) is 9.78. The second-order valence-corrected chi connectivity index (χ2v) is 7.98. The fourth-order valence-electron chi connectivity index (χ4n) is 4.42. The largest absolute Gasteiger partial charge is 0.478 e. The number of benzene rings is 1. The van der Waals surface area contributed by atoms with Crippen molar-refractivity contribution in [3.63, 3.8) is 0 Å². The maximum atomic E-state index is 13.5. The van der Waals surface area contributed by atoms with Crippen LogP contribution in [0.2, 0.25) is 0 Å². The molecule has 1 N–H and O–H groups in total. The average Bonchev–Trinajstić information content (AvgIpc) is 3.15. The van der Waals surface area contributed by atoms with Gasteiger partial charge in [0.2, 0.25) is 5.91 Å². The minimum absolute atomic E-state index is 0.109. The molecule has 0 spiro atoms. The van der Waals surface area contributed by atoms with Crippen LogP contribution in [0, 0.1) is 11.2 Å². The van der Waals surface area contributed by atoms with Crippen LogP contribution in [0.15, 0.2) is 36.7 Å². The predicted octanol–water partition coefficient (Wildman–Crippen LogP) is 3.30. The molecule has 28 heavy (non-hydrogen) atoms. The summed E-state index contributed by atoms with van der Waals surface area (Å²) in [6.45, 7) is 1.27. The van der Waals surface area contributed by atoms with E-state index in [1.807, 2.05) is 11.0 Å². The molecule has 2 aromatic rings. The highest BCUT2D eigenvalue weighted by Crippen LogP contribution is 2.46. The van der Waals surface area contributed by atoms with Crippen molar-refractivity contribution in [2.45, 2.75) is 44.6 Å². The Hall–Kier alpha value is -2.70. The zero-order chi connectivity index (χ0) is 19.7. The molecule has 2 aliphatic rings. The lowest BCUT2D eigenvalue weighted by Gasteiger charge is -2.45. The van der Waals surface area contributed by atoms with Crippen LogP contribution < -0.4 is 0 Å². The van der Waals surface area contributed by atoms with Gasteiger partial charge in [-0.15, -0.1) is 0 Å². The van der Waals surface area contributed by atoms with Gasteiger partial charge in [-0.05, 0) is 49.8 Å². The number of nitrogens with zero attached hydrogens (tertiary/aromatic N) is 3. The number of piperidine rings is 1. The van der Waals surface area contributed by atoms with Gasteiger partial charge in [0.1, 0.15) is 5.82 Å². The maximum Gasteiger partial charge on any atom is 0.338 e. The van der Waals surface area contributed by atoms with E-state index in [2.05, 4.69) is 5.10 Å². The Morgan fingerprint density at radius 2 is 2.00 bits per heavy atom. The standard InChI is InChI=1S/C21H24FN3O3/c22-17-4-1-3-15(11-17)12-21(7-2-8-21)20(28)24-9-5-18(6-10-24)25-14-16(13-23-25)19(26)27/h1,3-4,11,13-14,18H,2,5-10,12H2,(H,26,27). The monoisotopic (exact) mass is 385 g/mol. The number of carboxylic acids is 1. The number of halogens is 1. The van der Waals surface area contributed by atoms with Crippen molar-refractivity contribution in [2.75, 3.05) is 13.1 Å². The molecular formula is C21H24FN3O3. The first-order valence-corrected chi connectivity index (χ1v) is 9.78. The summed E-state index contributed by atoms with van der Waals surface area (Å²) in [6, 6.07) is 6.65. The molecule has 0 radical (unpaired) electrons. The van der Waals surface area contributed by atoms with Gasteiger partial charge in [0.25, 0.3) is 0 Å². The normalized spacial score (nSPS) is 19.2. The second-order valence-electron chi connectivity index (χ2n) is 7.98. The molecule has 7 heteroatoms. The highest BCUT2D eigenvalue weighted by molar-refractivity contribution is 5.86. The third kappa shape index (κ3) is 3.53. The van der Waals surface area contributed by atoms with Gasteiger partial charge in [-0.2, -0.15) is 5.10 Å². The van der Waals surface area contributed by atoms with Gasteiger partial charge in [-0.25, -0.2) is 9.18 Å². The molecular weight excluding hydrogens is 361 g/mol. The minimum Gasteiger partial charge on any atom is -0.478 e. The Bertz CT molecular complexity index is 883. The van der Waals surface area contributed by atoms with Crippen LogP contribution in [0.1, 0.15) is 54.1 Å². The quantitative estimate of drug-likeness (QED) is 0.857. The Kier molecular flexibility index (Phi) is 4.91. The van der Waals surface area contributed by atoms with Crippen LogP contribution in [0.3, 0.4) is 0 Å². The van der Waals surface area contributed by atoms with E-state index in [1.54, 1.807) is 16.9 Å². The van der Waals surface area contributed by atoms with E-state index in [9.17, 15) is 14.0 Å². The van der Waals surface area contributed by atoms with Gasteiger partial charge in [-0.3, -0.25) is 9.48 Å². The highest BCUT2D eigenvalue weighted by Gasteiger charge is 2.46. The number of aromatic nitrogens is 2. The zero-order valence-electron chi connectivity index (χ0n) is 15.7. The Morgan fingerprint density at radius 3 is 2.57 bits per heavy atom. The summed E-state index contributed by atoms with van der Waals surface area (Å²) in [6.07, 6.45) is 7.75. The molecule has 6 nitrogen and oxygen atoms in total. The first kappa shape index (κ1) is 18.7. The summed E-state index contributed by atoms with van der Waals surface area (Å²) in [5.41, 5.74) is 0.658. The number of hydrogen-bond donors (Lipinski definition) is 1. The number of carboxylic acid groups (broad SMARTS) is 1. The number of hydrogen-bond acceptors (Lipinski definition) is 3. The SMILES string of the molecule is O=C(O)c1cnn(C2CCN(C(=O)C3(Cc4cccc(F)c4)CCC3)CC2)c1. The second kappa shape index (κ2) is 7.37. The van der Waals surface area contributed by atoms with E-state index in [0.717, 1.165) is 37.7 Å². The summed E-state index contributed by atoms with van der Waals surface area (Å²) in [5, 5.41) is 13.2. The molecule has 1 aromatic carbocycles. The van der Waals surface area contributed by atoms with Crippen LogP contribution in [-0.2, 0) is 11.2 Å². The van der Waals surface area contributed by atoms with E-state index < -0.39 is 11.4 Å². The molecule has 1 aliphatic heterocycles. The fraction of sp³-hybridized carbons (Fsp3) is 0.476. The van der Waals surface area contributed by atoms with Crippen molar-refractivity contribution in [1.82, 2.24) is 14.7 Å². The summed E-state index contributed by atoms with van der Waals surface area (Å²) < 4.78 is 15.2. The van der Waals surface area contributed by atoms with Gasteiger partial charge in [0.05, 0.1) is 23.2 Å². The number of rotatable bonds is 5. The van der Waals surface area contributed by atoms with Crippen LogP contribution in [0.4, 0.5) is 4.39 Å². The molecule has 148 valence electrons. The lowest BCUT2D eigenvalue weighted by Crippen LogP contribution is -2.51. The smallest absolute Gasteiger partial charge is 0.338 e. The third-order valence-electron chi connectivity index (χ3n) is 6.17. The lowest BCUT2D eigenvalue weighted by atomic mass is 9.64. The molecule has 1 aromatic heterocycles. The third-order valence-corrected chi connectivity index (χ3v) is 6.17. The van der Waals surface area contributed by atoms with Crippen molar-refractivity contribution in [3.05, 3.63) is 53.6 Å². The first-order chi connectivity index (χ1) is 13.5. The lowest BCUT2D eigenvalue weighted by molar-refractivity contribution is -0.149. The Labute approximate surface area is 163 Å². The highest BCUT2D eigenvalue weighted by atomic mass is 19.1. The molecule has 2 fully saturated rings. The molecule has 2 heterocycles. The van der Waals surface area contributed by atoms with Crippen LogP contribution in [0.5, 0.6) is 0 Å². The van der Waals surface area contributed by atoms with Crippen molar-refractivity contribution in [2.24, 2.45) is 5.41 Å². The van der Waals surface area contributed by atoms with Crippen molar-refractivity contribution in [3.8, 4) is 0 Å². The number of aromatic carboxylic acids is 1. The molecule has 4 rings (SSSR count). The van der Waals surface area contributed by atoms with Crippen LogP contribution in [-0.4, -0.2) is 44.8 Å². The molecule has 1 aliphatic carbocycles. The fourth-order valence-corrected chi connectivity index (χ4v) is 4.42. The number of carbonyl (C=O) groups is 2. The van der Waals surface area contributed by atoms with Gasteiger partial charge in [-0.1, -0.05) is 18.6 Å². The Morgan fingerprint density at radius 1 is 1.25 bits per heavy atom. The van der Waals surface area contributed by atoms with E-state index in [1.165, 1.54) is 18.3 Å². The topological polar surface area (TPSA) is 75.4 Å². The Balaban J connectivity index is 1.40. The summed E-state index contributed by atoms with van der Waals surface area (Å²) in [4.78, 5) is 26.2. The van der Waals surface area contributed by atoms with Gasteiger partial charge in [0.15, 0.2) is 0 Å². The summed E-state index contributed by atoms with van der Waals surface area (Å²) in [5.74, 6) is -1.07. The van der Waals surface area contributed by atoms with Gasteiger partial charge >= 0.3 is 5.97 Å². The van der Waals surface area contributed by atoms with Crippen molar-refractivity contribution >= 4 is 11.9 Å². The molecule has 1 saturated heterocycles. The summed E-state index contributed by atoms with van der Waals surface area (Å²) >= 11 is 0. The van der Waals surface area contributed by atoms with E-state index in [0.29, 0.717) is 19.5 Å². The van der Waals surface area contributed by atoms with E-state index in [4.69, 9.17) is 5.11 Å². The molecule has 0 unspecified atom stereocenters. The summed E-state index contributed by atoms with van der Waals surface area (Å²) in [7, 11) is 0. The number of likely N-dealkylation sites (tertiary alicyclic amines) is 1. The maximum absolute atomic E-state index is 13.5. The average molecular weight is 385 g/mol. The van der Waals surface area contributed by atoms with E-state index in [-0.39, 0.29) is 23.3 Å². The van der Waals surface area contributed by atoms with Crippen LogP contribution >= 0.6 is 0 Å². The molecule has 1 saturated carbocycles. The number of amides is 1. The predicted molar refractivity (Wildman–Crippen MR) is 100 cm³/mol. The van der Waals surface area contributed by atoms with Crippen LogP contribution in [0.25, 0.3) is 0 Å². The van der Waals surface area contributed by atoms with E-state index >= 15 is 0 Å². The van der Waals surface area contributed by atoms with Crippen molar-refractivity contribution in [1.29, 1.82) is 0 Å². The molecule has 0 bridgehead atoms. The molecule has 1 amide bonds. The molecule has 0 atom stereocenters. The van der Waals surface area contributed by atoms with Gasteiger partial charge in [0, 0.05) is 19.3 Å². The zero-order valence-corrected chi connectivity index (χ0v) is 15.7. The van der Waals surface area contributed by atoms with Gasteiger partial charge < -0.3 is 10.0 Å². The van der Waals surface area contributed by atoms with Crippen molar-refractivity contribution < 1.29 is 19.1 Å². The number of carbonyl (C=O) groups excluding carboxylic acids is 1. The minimum atomic E-state index is -0.983.